The van der Waals surface area contributed by atoms with Gasteiger partial charge in [0, 0.05) is 26.2 Å². The van der Waals surface area contributed by atoms with Gasteiger partial charge in [0.15, 0.2) is 0 Å². The number of aliphatic imine (C=N–C) groups is 2. The van der Waals surface area contributed by atoms with Crippen LogP contribution in [0.5, 0.6) is 0 Å². The number of aromatic nitrogens is 1. The first-order valence-electron chi connectivity index (χ1n) is 7.19. The number of halogens is 2. The molecule has 0 amide bonds. The van der Waals surface area contributed by atoms with Gasteiger partial charge in [-0.3, -0.25) is 9.98 Å². The van der Waals surface area contributed by atoms with Crippen LogP contribution in [0.15, 0.2) is 28.2 Å². The molecule has 0 spiro atoms. The maximum absolute atomic E-state index is 4.64. The number of hydrogen-bond acceptors (Lipinski definition) is 5. The number of nitrogens with zero attached hydrogens (tertiary/aromatic N) is 3. The van der Waals surface area contributed by atoms with Gasteiger partial charge in [0.2, 0.25) is 0 Å². The Hall–Kier alpha value is -0.531. The summed E-state index contributed by atoms with van der Waals surface area (Å²) in [5, 5.41) is 6.73. The quantitative estimate of drug-likeness (QED) is 0.412. The molecule has 137 valence electrons. The fraction of sp³-hybridized carbons (Fsp3) is 0.533. The molecule has 6 nitrogen and oxygen atoms in total. The molecule has 0 saturated carbocycles. The molecule has 9 heteroatoms. The van der Waals surface area contributed by atoms with E-state index >= 15 is 0 Å². The van der Waals surface area contributed by atoms with Crippen molar-refractivity contribution in [1.29, 1.82) is 0 Å². The number of nitrogens with one attached hydrogen (secondary N) is 2. The summed E-state index contributed by atoms with van der Waals surface area (Å²) in [6, 6.07) is 6.02. The van der Waals surface area contributed by atoms with Crippen molar-refractivity contribution in [2.45, 2.75) is 13.8 Å². The summed E-state index contributed by atoms with van der Waals surface area (Å²) < 4.78 is 0. The predicted octanol–water partition coefficient (Wildman–Crippen LogP) is -5.93. The van der Waals surface area contributed by atoms with E-state index in [1.54, 1.807) is 0 Å². The van der Waals surface area contributed by atoms with Crippen molar-refractivity contribution in [3.63, 3.8) is 0 Å². The molecule has 24 heavy (non-hydrogen) atoms. The molecule has 0 unspecified atom stereocenters. The second kappa shape index (κ2) is 16.0. The Balaban J connectivity index is -0.00000110. The van der Waals surface area contributed by atoms with E-state index in [0.717, 1.165) is 62.1 Å². The van der Waals surface area contributed by atoms with Crippen molar-refractivity contribution >= 4 is 11.4 Å². The van der Waals surface area contributed by atoms with Gasteiger partial charge in [0.05, 0.1) is 35.9 Å². The van der Waals surface area contributed by atoms with E-state index in [0.29, 0.717) is 0 Å². The zero-order chi connectivity index (χ0) is 14.2. The largest absolute Gasteiger partial charge is 2.00 e. The third-order valence-electron chi connectivity index (χ3n) is 3.24. The molecule has 2 heterocycles. The Morgan fingerprint density at radius 1 is 0.792 bits per heavy atom. The van der Waals surface area contributed by atoms with Crippen LogP contribution in [0.2, 0.25) is 0 Å². The number of fused-ring (bicyclic) bond motifs is 2. The van der Waals surface area contributed by atoms with E-state index in [1.165, 1.54) is 0 Å². The van der Waals surface area contributed by atoms with Gasteiger partial charge in [0.25, 0.3) is 0 Å². The van der Waals surface area contributed by atoms with E-state index in [4.69, 9.17) is 0 Å². The van der Waals surface area contributed by atoms with Crippen molar-refractivity contribution in [1.82, 2.24) is 15.6 Å². The second-order valence-electron chi connectivity index (χ2n) is 4.84. The maximum atomic E-state index is 4.64. The fourth-order valence-corrected chi connectivity index (χ4v) is 2.03. The van der Waals surface area contributed by atoms with Gasteiger partial charge in [-0.05, 0) is 26.0 Å². The molecule has 0 aromatic carbocycles. The smallest absolute Gasteiger partial charge is 1.00 e. The minimum Gasteiger partial charge on any atom is -1.00 e. The van der Waals surface area contributed by atoms with Crippen LogP contribution in [0.1, 0.15) is 25.2 Å². The van der Waals surface area contributed by atoms with E-state index in [2.05, 4.69) is 25.6 Å². The average Bonchev–Trinajstić information content (AvgIpc) is 2.48. The summed E-state index contributed by atoms with van der Waals surface area (Å²) in [4.78, 5) is 13.8. The molecule has 2 rings (SSSR count). The number of pyridine rings is 1. The first-order chi connectivity index (χ1) is 9.77. The molecule has 2 bridgehead atoms. The van der Waals surface area contributed by atoms with Crippen LogP contribution < -0.4 is 35.4 Å². The Labute approximate surface area is 167 Å². The monoisotopic (exact) mass is 416 g/mol. The zero-order valence-corrected chi connectivity index (χ0v) is 16.6. The maximum Gasteiger partial charge on any atom is 2.00 e. The Bertz CT molecular complexity index is 473. The molecule has 4 N–H and O–H groups in total. The van der Waals surface area contributed by atoms with Gasteiger partial charge in [-0.15, -0.1) is 0 Å². The van der Waals surface area contributed by atoms with Gasteiger partial charge in [-0.1, -0.05) is 6.07 Å². The topological polar surface area (TPSA) is 93.2 Å². The zero-order valence-electron chi connectivity index (χ0n) is 14.0. The van der Waals surface area contributed by atoms with Crippen molar-refractivity contribution in [3.8, 4) is 0 Å². The number of rotatable bonds is 0. The standard InChI is InChI=1S/C15H23N5.2ClH.Mn.H2O/c1-12-14-4-3-5-15(20-14)13(2)19-11-9-17-7-6-16-8-10-18-12;;;;/h3-5,16-17H,6-11H2,1-2H3;2*1H;;1H2/q;;;+2;/p-2. The third kappa shape index (κ3) is 9.69. The van der Waals surface area contributed by atoms with Gasteiger partial charge in [-0.25, -0.2) is 4.98 Å². The van der Waals surface area contributed by atoms with Crippen LogP contribution in [0, 0.1) is 0 Å². The molecule has 0 atom stereocenters. The Kier molecular flexibility index (Phi) is 18.8. The summed E-state index contributed by atoms with van der Waals surface area (Å²) >= 11 is 0. The van der Waals surface area contributed by atoms with Crippen LogP contribution in [0.25, 0.3) is 0 Å². The summed E-state index contributed by atoms with van der Waals surface area (Å²) in [5.74, 6) is 0. The van der Waals surface area contributed by atoms with Crippen LogP contribution in [0.3, 0.4) is 0 Å². The average molecular weight is 417 g/mol. The minimum absolute atomic E-state index is 0. The van der Waals surface area contributed by atoms with Crippen LogP contribution in [-0.4, -0.2) is 61.2 Å². The summed E-state index contributed by atoms with van der Waals surface area (Å²) in [6.45, 7) is 9.31. The van der Waals surface area contributed by atoms with E-state index < -0.39 is 0 Å². The molecule has 0 aliphatic carbocycles. The van der Waals surface area contributed by atoms with Crippen LogP contribution in [-0.2, 0) is 17.1 Å². The molecule has 1 aliphatic heterocycles. The minimum atomic E-state index is 0. The van der Waals surface area contributed by atoms with Crippen molar-refractivity contribution < 1.29 is 47.4 Å². The van der Waals surface area contributed by atoms with Crippen LogP contribution >= 0.6 is 0 Å². The van der Waals surface area contributed by atoms with Crippen molar-refractivity contribution in [2.75, 3.05) is 39.3 Å². The van der Waals surface area contributed by atoms with Gasteiger partial charge < -0.3 is 40.9 Å². The molecular weight excluding hydrogens is 392 g/mol. The molecule has 1 aromatic heterocycles. The fourth-order valence-electron chi connectivity index (χ4n) is 2.03. The predicted molar refractivity (Wildman–Crippen MR) is 87.7 cm³/mol. The normalized spacial score (nSPS) is 15.4. The van der Waals surface area contributed by atoms with Gasteiger partial charge in [-0.2, -0.15) is 0 Å². The van der Waals surface area contributed by atoms with Crippen molar-refractivity contribution in [2.24, 2.45) is 9.98 Å². The SMILES string of the molecule is CC1=NCCNCCNCCN=C(C)c2cccc1n2.O.[Cl-].[Cl-].[Mn+2]. The van der Waals surface area contributed by atoms with E-state index in [-0.39, 0.29) is 47.4 Å². The van der Waals surface area contributed by atoms with Crippen LogP contribution in [0.4, 0.5) is 0 Å². The third-order valence-corrected chi connectivity index (χ3v) is 3.24. The molecule has 1 aromatic rings. The van der Waals surface area contributed by atoms with Crippen molar-refractivity contribution in [3.05, 3.63) is 29.6 Å². The molecule has 1 aliphatic rings. The Morgan fingerprint density at radius 2 is 1.21 bits per heavy atom. The molecule has 0 fully saturated rings. The summed E-state index contributed by atoms with van der Waals surface area (Å²) in [7, 11) is 0. The molecule has 1 radical (unpaired) electrons. The van der Waals surface area contributed by atoms with E-state index in [1.807, 2.05) is 32.0 Å². The first kappa shape index (κ1) is 28.3. The summed E-state index contributed by atoms with van der Waals surface area (Å²) in [5.41, 5.74) is 3.83. The van der Waals surface area contributed by atoms with E-state index in [9.17, 15) is 0 Å². The Morgan fingerprint density at radius 3 is 1.62 bits per heavy atom. The molecular formula is C15H25Cl2MnN5O. The first-order valence-corrected chi connectivity index (χ1v) is 7.19. The molecule has 0 saturated heterocycles. The summed E-state index contributed by atoms with van der Waals surface area (Å²) in [6.07, 6.45) is 0. The van der Waals surface area contributed by atoms with Gasteiger partial charge in [0.1, 0.15) is 0 Å². The van der Waals surface area contributed by atoms with Gasteiger partial charge >= 0.3 is 17.1 Å². The number of hydrogen-bond donors (Lipinski definition) is 2. The second-order valence-corrected chi connectivity index (χ2v) is 4.84.